The third-order valence-electron chi connectivity index (χ3n) is 6.19. The van der Waals surface area contributed by atoms with E-state index in [2.05, 4.69) is 16.7 Å². The second-order valence-electron chi connectivity index (χ2n) is 7.84. The summed E-state index contributed by atoms with van der Waals surface area (Å²) in [7, 11) is 1.65. The zero-order valence-corrected chi connectivity index (χ0v) is 17.7. The number of benzene rings is 2. The van der Waals surface area contributed by atoms with E-state index in [4.69, 9.17) is 4.74 Å². The van der Waals surface area contributed by atoms with Gasteiger partial charge in [-0.05, 0) is 49.4 Å². The summed E-state index contributed by atoms with van der Waals surface area (Å²) < 4.78 is 21.1. The van der Waals surface area contributed by atoms with E-state index in [0.29, 0.717) is 19.6 Å². The topological polar surface area (TPSA) is 34.5 Å². The molecule has 2 aromatic carbocycles. The number of hydrogen-bond donors (Lipinski definition) is 0. The molecule has 1 atom stereocenters. The maximum atomic E-state index is 13.7. The summed E-state index contributed by atoms with van der Waals surface area (Å²) in [5.74, 6) is 0.678. The maximum Gasteiger partial charge on any atom is 0.230 e. The number of hydrogen-bond acceptors (Lipinski definition) is 2. The number of alkyl halides is 1. The highest BCUT2D eigenvalue weighted by atomic mass is 19.1. The van der Waals surface area contributed by atoms with E-state index in [0.717, 1.165) is 52.7 Å². The van der Waals surface area contributed by atoms with E-state index in [-0.39, 0.29) is 11.8 Å². The van der Waals surface area contributed by atoms with Crippen LogP contribution in [0.25, 0.3) is 10.9 Å². The molecule has 0 spiro atoms. The number of aromatic nitrogens is 1. The normalized spacial score (nSPS) is 15.8. The van der Waals surface area contributed by atoms with Gasteiger partial charge in [0.15, 0.2) is 0 Å². The molecule has 3 aromatic rings. The third-order valence-corrected chi connectivity index (χ3v) is 6.19. The lowest BCUT2D eigenvalue weighted by Gasteiger charge is -2.30. The first-order valence-corrected chi connectivity index (χ1v) is 10.8. The van der Waals surface area contributed by atoms with Crippen molar-refractivity contribution in [3.05, 3.63) is 65.4 Å². The molecule has 0 saturated carbocycles. The van der Waals surface area contributed by atoms with Crippen molar-refractivity contribution in [1.29, 1.82) is 0 Å². The summed E-state index contributed by atoms with van der Waals surface area (Å²) in [6, 6.07) is 16.0. The SMILES string of the molecule is CCN(Cc1ccccc1)C(=O)C1CCCc2c1c1c(OC)cccc1n2CCF. The molecule has 0 saturated heterocycles. The number of nitrogens with zero attached hydrogens (tertiary/aromatic N) is 2. The Bertz CT molecular complexity index is 1030. The summed E-state index contributed by atoms with van der Waals surface area (Å²) in [6.07, 6.45) is 2.60. The van der Waals surface area contributed by atoms with Crippen molar-refractivity contribution in [3.63, 3.8) is 0 Å². The summed E-state index contributed by atoms with van der Waals surface area (Å²) in [5.41, 5.74) is 4.22. The molecule has 0 bridgehead atoms. The van der Waals surface area contributed by atoms with Crippen LogP contribution in [0.4, 0.5) is 4.39 Å². The third kappa shape index (κ3) is 3.57. The van der Waals surface area contributed by atoms with E-state index in [1.54, 1.807) is 7.11 Å². The second kappa shape index (κ2) is 8.90. The molecule has 1 unspecified atom stereocenters. The summed E-state index contributed by atoms with van der Waals surface area (Å²) in [5, 5.41) is 0.970. The van der Waals surface area contributed by atoms with Gasteiger partial charge in [0.25, 0.3) is 0 Å². The van der Waals surface area contributed by atoms with Gasteiger partial charge in [-0.1, -0.05) is 36.4 Å². The fraction of sp³-hybridized carbons (Fsp3) is 0.400. The van der Waals surface area contributed by atoms with Crippen LogP contribution >= 0.6 is 0 Å². The van der Waals surface area contributed by atoms with Gasteiger partial charge in [0, 0.05) is 24.2 Å². The summed E-state index contributed by atoms with van der Waals surface area (Å²) in [6.45, 7) is 3.15. The number of ether oxygens (including phenoxy) is 1. The smallest absolute Gasteiger partial charge is 0.230 e. The fourth-order valence-electron chi connectivity index (χ4n) is 4.84. The largest absolute Gasteiger partial charge is 0.496 e. The molecule has 1 heterocycles. The number of rotatable bonds is 7. The van der Waals surface area contributed by atoms with Crippen molar-refractivity contribution in [3.8, 4) is 5.75 Å². The first kappa shape index (κ1) is 20.5. The van der Waals surface area contributed by atoms with E-state index < -0.39 is 6.67 Å². The van der Waals surface area contributed by atoms with Crippen LogP contribution in [0.15, 0.2) is 48.5 Å². The minimum Gasteiger partial charge on any atom is -0.496 e. The average Bonchev–Trinajstić information content (AvgIpc) is 3.12. The van der Waals surface area contributed by atoms with Gasteiger partial charge in [-0.25, -0.2) is 4.39 Å². The summed E-state index contributed by atoms with van der Waals surface area (Å²) >= 11 is 0. The van der Waals surface area contributed by atoms with Gasteiger partial charge in [-0.15, -0.1) is 0 Å². The Balaban J connectivity index is 1.79. The van der Waals surface area contributed by atoms with E-state index in [1.807, 2.05) is 48.2 Å². The van der Waals surface area contributed by atoms with Gasteiger partial charge in [-0.3, -0.25) is 4.79 Å². The average molecular weight is 409 g/mol. The number of aryl methyl sites for hydroxylation is 1. The molecule has 1 aromatic heterocycles. The molecular weight excluding hydrogens is 379 g/mol. The highest BCUT2D eigenvalue weighted by molar-refractivity contribution is 5.97. The molecule has 0 fully saturated rings. The van der Waals surface area contributed by atoms with Crippen LogP contribution in [0.2, 0.25) is 0 Å². The Labute approximate surface area is 177 Å². The molecule has 4 nitrogen and oxygen atoms in total. The molecular formula is C25H29FN2O2. The number of halogens is 1. The predicted molar refractivity (Wildman–Crippen MR) is 118 cm³/mol. The van der Waals surface area contributed by atoms with Crippen molar-refractivity contribution >= 4 is 16.8 Å². The number of methoxy groups -OCH3 is 1. The number of carbonyl (C=O) groups excluding carboxylic acids is 1. The van der Waals surface area contributed by atoms with E-state index >= 15 is 0 Å². The van der Waals surface area contributed by atoms with Gasteiger partial charge in [-0.2, -0.15) is 0 Å². The van der Waals surface area contributed by atoms with Crippen LogP contribution in [0.3, 0.4) is 0 Å². The lowest BCUT2D eigenvalue weighted by molar-refractivity contribution is -0.133. The van der Waals surface area contributed by atoms with Crippen LogP contribution in [0.1, 0.15) is 42.5 Å². The van der Waals surface area contributed by atoms with Crippen molar-refractivity contribution in [2.75, 3.05) is 20.3 Å². The number of fused-ring (bicyclic) bond motifs is 3. The monoisotopic (exact) mass is 408 g/mol. The molecule has 1 aliphatic rings. The number of carbonyl (C=O) groups is 1. The van der Waals surface area contributed by atoms with Gasteiger partial charge in [0.2, 0.25) is 5.91 Å². The van der Waals surface area contributed by atoms with Gasteiger partial charge < -0.3 is 14.2 Å². The van der Waals surface area contributed by atoms with Crippen molar-refractivity contribution in [2.24, 2.45) is 0 Å². The maximum absolute atomic E-state index is 13.7. The van der Waals surface area contributed by atoms with Crippen molar-refractivity contribution in [2.45, 2.75) is 45.2 Å². The molecule has 158 valence electrons. The zero-order chi connectivity index (χ0) is 21.1. The molecule has 30 heavy (non-hydrogen) atoms. The quantitative estimate of drug-likeness (QED) is 0.546. The van der Waals surface area contributed by atoms with Crippen LogP contribution in [-0.4, -0.2) is 35.7 Å². The van der Waals surface area contributed by atoms with Gasteiger partial charge >= 0.3 is 0 Å². The van der Waals surface area contributed by atoms with Crippen LogP contribution < -0.4 is 4.74 Å². The first-order valence-electron chi connectivity index (χ1n) is 10.8. The molecule has 0 radical (unpaired) electrons. The second-order valence-corrected chi connectivity index (χ2v) is 7.84. The van der Waals surface area contributed by atoms with Crippen LogP contribution in [-0.2, 0) is 24.3 Å². The summed E-state index contributed by atoms with van der Waals surface area (Å²) in [4.78, 5) is 15.6. The van der Waals surface area contributed by atoms with Gasteiger partial charge in [0.1, 0.15) is 12.4 Å². The lowest BCUT2D eigenvalue weighted by Crippen LogP contribution is -2.36. The Morgan fingerprint density at radius 2 is 2.00 bits per heavy atom. The number of likely N-dealkylation sites (N-methyl/N-ethyl adjacent to an activating group) is 1. The highest BCUT2D eigenvalue weighted by Gasteiger charge is 2.35. The van der Waals surface area contributed by atoms with E-state index in [1.165, 1.54) is 0 Å². The Morgan fingerprint density at radius 3 is 2.70 bits per heavy atom. The van der Waals surface area contributed by atoms with Crippen LogP contribution in [0, 0.1) is 0 Å². The molecule has 1 amide bonds. The molecule has 0 aliphatic heterocycles. The van der Waals surface area contributed by atoms with Crippen LogP contribution in [0.5, 0.6) is 5.75 Å². The molecule has 0 N–H and O–H groups in total. The fourth-order valence-corrected chi connectivity index (χ4v) is 4.84. The van der Waals surface area contributed by atoms with E-state index in [9.17, 15) is 9.18 Å². The Morgan fingerprint density at radius 1 is 1.20 bits per heavy atom. The zero-order valence-electron chi connectivity index (χ0n) is 17.7. The molecule has 4 rings (SSSR count). The molecule has 1 aliphatic carbocycles. The Hall–Kier alpha value is -2.82. The standard InChI is InChI=1S/C25H29FN2O2/c1-3-27(17-18-9-5-4-6-10-18)25(29)19-11-7-12-20-23(19)24-21(28(20)16-15-26)13-8-14-22(24)30-2/h4-6,8-10,13-14,19H,3,7,11-12,15-17H2,1-2H3. The minimum atomic E-state index is -0.429. The van der Waals surface area contributed by atoms with Gasteiger partial charge in [0.05, 0.1) is 25.1 Å². The van der Waals surface area contributed by atoms with Crippen molar-refractivity contribution in [1.82, 2.24) is 9.47 Å². The molecule has 5 heteroatoms. The lowest BCUT2D eigenvalue weighted by atomic mass is 9.83. The first-order chi connectivity index (χ1) is 14.7. The minimum absolute atomic E-state index is 0.146. The number of amides is 1. The Kier molecular flexibility index (Phi) is 6.07. The highest BCUT2D eigenvalue weighted by Crippen LogP contribution is 2.43. The predicted octanol–water partition coefficient (Wildman–Crippen LogP) is 5.09. The van der Waals surface area contributed by atoms with Crippen molar-refractivity contribution < 1.29 is 13.9 Å².